The Morgan fingerprint density at radius 3 is 2.08 bits per heavy atom. The van der Waals surface area contributed by atoms with Crippen molar-refractivity contribution in [1.29, 1.82) is 0 Å². The summed E-state index contributed by atoms with van der Waals surface area (Å²) < 4.78 is 124. The summed E-state index contributed by atoms with van der Waals surface area (Å²) in [4.78, 5) is 0.915. The molecule has 3 nitrogen and oxygen atoms in total. The van der Waals surface area contributed by atoms with Gasteiger partial charge in [0.25, 0.3) is 0 Å². The molecule has 0 aliphatic carbocycles. The molecular weight excluding hydrogens is 505 g/mol. The van der Waals surface area contributed by atoms with Crippen LogP contribution in [0.25, 0.3) is 0 Å². The van der Waals surface area contributed by atoms with E-state index in [1.165, 1.54) is 24.3 Å². The lowest BCUT2D eigenvalue weighted by molar-refractivity contribution is -0.200. The molecule has 0 aliphatic rings. The highest BCUT2D eigenvalue weighted by Crippen LogP contribution is 2.32. The van der Waals surface area contributed by atoms with Gasteiger partial charge in [0.15, 0.2) is 6.10 Å². The van der Waals surface area contributed by atoms with Crippen molar-refractivity contribution in [3.63, 3.8) is 0 Å². The number of rotatable bonds is 8. The van der Waals surface area contributed by atoms with Crippen LogP contribution in [0.1, 0.15) is 16.7 Å². The van der Waals surface area contributed by atoms with Crippen molar-refractivity contribution in [3.05, 3.63) is 94.8 Å². The maximum atomic E-state index is 14.4. The lowest BCUT2D eigenvalue weighted by Crippen LogP contribution is -2.41. The number of benzene rings is 3. The number of nitrogens with zero attached hydrogens (tertiary/aromatic N) is 1. The topological polar surface area (TPSA) is 32.7 Å². The highest BCUT2D eigenvalue weighted by Gasteiger charge is 2.39. The second-order valence-electron chi connectivity index (χ2n) is 7.81. The Balaban J connectivity index is 1.87. The zero-order valence-electron chi connectivity index (χ0n) is 18.2. The van der Waals surface area contributed by atoms with Crippen molar-refractivity contribution >= 4 is 5.69 Å². The van der Waals surface area contributed by atoms with E-state index in [0.717, 1.165) is 23.1 Å². The lowest BCUT2D eigenvalue weighted by Gasteiger charge is -2.29. The molecule has 12 heteroatoms. The van der Waals surface area contributed by atoms with E-state index >= 15 is 0 Å². The van der Waals surface area contributed by atoms with Crippen LogP contribution >= 0.6 is 0 Å². The van der Waals surface area contributed by atoms with E-state index in [-0.39, 0.29) is 35.2 Å². The summed E-state index contributed by atoms with van der Waals surface area (Å²) in [6, 6.07) is 9.64. The van der Waals surface area contributed by atoms with Crippen molar-refractivity contribution < 1.29 is 49.4 Å². The quantitative estimate of drug-likeness (QED) is 0.337. The van der Waals surface area contributed by atoms with Crippen LogP contribution in [-0.2, 0) is 19.3 Å². The van der Waals surface area contributed by atoms with E-state index in [9.17, 15) is 44.6 Å². The predicted molar refractivity (Wildman–Crippen MR) is 112 cm³/mol. The van der Waals surface area contributed by atoms with Gasteiger partial charge >= 0.3 is 12.4 Å². The van der Waals surface area contributed by atoms with Gasteiger partial charge in [-0.25, -0.2) is 13.2 Å². The van der Waals surface area contributed by atoms with Crippen molar-refractivity contribution in [1.82, 2.24) is 0 Å². The summed E-state index contributed by atoms with van der Waals surface area (Å²) in [5, 5.41) is 9.58. The van der Waals surface area contributed by atoms with Crippen molar-refractivity contribution in [2.24, 2.45) is 0 Å². The highest BCUT2D eigenvalue weighted by molar-refractivity contribution is 5.51. The molecule has 0 radical (unpaired) electrons. The van der Waals surface area contributed by atoms with Crippen LogP contribution < -0.4 is 9.64 Å². The van der Waals surface area contributed by atoms with Gasteiger partial charge in [0, 0.05) is 29.9 Å². The molecular formula is C24H18F9NO2. The lowest BCUT2D eigenvalue weighted by atomic mass is 10.1. The first-order chi connectivity index (χ1) is 16.7. The van der Waals surface area contributed by atoms with E-state index in [4.69, 9.17) is 4.74 Å². The van der Waals surface area contributed by atoms with Crippen LogP contribution in [0.2, 0.25) is 0 Å². The molecule has 3 aromatic carbocycles. The molecule has 0 aromatic heterocycles. The van der Waals surface area contributed by atoms with Crippen LogP contribution in [0, 0.1) is 17.5 Å². The van der Waals surface area contributed by atoms with Gasteiger partial charge in [-0.15, -0.1) is 0 Å². The number of ether oxygens (including phenoxy) is 1. The monoisotopic (exact) mass is 523 g/mol. The van der Waals surface area contributed by atoms with E-state index < -0.39 is 54.6 Å². The molecule has 0 saturated carbocycles. The van der Waals surface area contributed by atoms with Gasteiger partial charge in [-0.1, -0.05) is 12.1 Å². The minimum atomic E-state index is -5.02. The fourth-order valence-corrected chi connectivity index (χ4v) is 3.26. The first-order valence-corrected chi connectivity index (χ1v) is 10.3. The van der Waals surface area contributed by atoms with Crippen LogP contribution in [-0.4, -0.2) is 23.9 Å². The van der Waals surface area contributed by atoms with Gasteiger partial charge in [-0.2, -0.15) is 26.3 Å². The van der Waals surface area contributed by atoms with Gasteiger partial charge in [0.2, 0.25) is 0 Å². The molecule has 194 valence electrons. The molecule has 3 aromatic rings. The summed E-state index contributed by atoms with van der Waals surface area (Å²) in [6.07, 6.45) is -12.7. The fourth-order valence-electron chi connectivity index (χ4n) is 3.26. The Bertz CT molecular complexity index is 1170. The van der Waals surface area contributed by atoms with Crippen molar-refractivity contribution in [2.75, 3.05) is 11.4 Å². The first kappa shape index (κ1) is 27.2. The number of hydrogen-bond donors (Lipinski definition) is 1. The minimum absolute atomic E-state index is 0.0144. The van der Waals surface area contributed by atoms with Gasteiger partial charge < -0.3 is 14.7 Å². The largest absolute Gasteiger partial charge is 0.489 e. The molecule has 0 aliphatic heterocycles. The summed E-state index contributed by atoms with van der Waals surface area (Å²) in [5.41, 5.74) is -1.47. The molecule has 1 atom stereocenters. The van der Waals surface area contributed by atoms with Gasteiger partial charge in [-0.05, 0) is 42.0 Å². The molecule has 0 fully saturated rings. The average Bonchev–Trinajstić information content (AvgIpc) is 2.76. The molecule has 3 rings (SSSR count). The van der Waals surface area contributed by atoms with Gasteiger partial charge in [-0.3, -0.25) is 0 Å². The third kappa shape index (κ3) is 7.30. The zero-order chi connectivity index (χ0) is 26.7. The summed E-state index contributed by atoms with van der Waals surface area (Å²) in [7, 11) is 0. The third-order valence-electron chi connectivity index (χ3n) is 5.02. The zero-order valence-corrected chi connectivity index (χ0v) is 18.2. The van der Waals surface area contributed by atoms with E-state index in [1.807, 2.05) is 0 Å². The third-order valence-corrected chi connectivity index (χ3v) is 5.02. The molecule has 0 saturated heterocycles. The number of halogens is 9. The van der Waals surface area contributed by atoms with Gasteiger partial charge in [0.05, 0.1) is 12.1 Å². The smallest absolute Gasteiger partial charge is 0.416 e. The second-order valence-corrected chi connectivity index (χ2v) is 7.81. The molecule has 0 spiro atoms. The predicted octanol–water partition coefficient (Wildman–Crippen LogP) is 6.63. The first-order valence-electron chi connectivity index (χ1n) is 10.3. The Kier molecular flexibility index (Phi) is 8.07. The van der Waals surface area contributed by atoms with Crippen LogP contribution in [0.4, 0.5) is 45.2 Å². The molecule has 0 unspecified atom stereocenters. The number of aliphatic hydroxyl groups is 1. The second kappa shape index (κ2) is 10.7. The summed E-state index contributed by atoms with van der Waals surface area (Å²) in [6.45, 7) is -1.98. The SMILES string of the molecule is O[C@H](CN(Cc1ccc(C(F)(F)F)cc1F)c1cccc(OCc2cc(F)cc(F)c2)c1)C(F)(F)F. The Labute approximate surface area is 199 Å². The maximum absolute atomic E-state index is 14.4. The number of anilines is 1. The van der Waals surface area contributed by atoms with E-state index in [2.05, 4.69) is 0 Å². The number of alkyl halides is 6. The van der Waals surface area contributed by atoms with Crippen LogP contribution in [0.15, 0.2) is 60.7 Å². The van der Waals surface area contributed by atoms with Crippen molar-refractivity contribution in [3.8, 4) is 5.75 Å². The van der Waals surface area contributed by atoms with Crippen LogP contribution in [0.3, 0.4) is 0 Å². The van der Waals surface area contributed by atoms with E-state index in [1.54, 1.807) is 0 Å². The molecule has 0 bridgehead atoms. The fraction of sp³-hybridized carbons (Fsp3) is 0.250. The molecule has 0 amide bonds. The molecule has 1 N–H and O–H groups in total. The van der Waals surface area contributed by atoms with Gasteiger partial charge in [0.1, 0.15) is 29.8 Å². The highest BCUT2D eigenvalue weighted by atomic mass is 19.4. The number of aliphatic hydroxyl groups excluding tert-OH is 1. The minimum Gasteiger partial charge on any atom is -0.489 e. The summed E-state index contributed by atoms with van der Waals surface area (Å²) in [5.74, 6) is -2.91. The standard InChI is InChI=1S/C24H18F9NO2/c25-17-6-14(7-18(26)9-17)13-36-20-3-1-2-19(10-20)34(12-22(35)24(31,32)33)11-15-4-5-16(8-21(15)27)23(28,29)30/h1-10,22,35H,11-13H2/t22-/m1/s1. The molecule has 36 heavy (non-hydrogen) atoms. The Hall–Kier alpha value is -3.41. The number of hydrogen-bond acceptors (Lipinski definition) is 3. The molecule has 0 heterocycles. The Morgan fingerprint density at radius 1 is 0.833 bits per heavy atom. The maximum Gasteiger partial charge on any atom is 0.416 e. The van der Waals surface area contributed by atoms with Crippen molar-refractivity contribution in [2.45, 2.75) is 31.6 Å². The summed E-state index contributed by atoms with van der Waals surface area (Å²) >= 11 is 0. The normalized spacial score (nSPS) is 12.9. The average molecular weight is 523 g/mol. The van der Waals surface area contributed by atoms with Crippen LogP contribution in [0.5, 0.6) is 5.75 Å². The van der Waals surface area contributed by atoms with E-state index in [0.29, 0.717) is 12.1 Å². The Morgan fingerprint density at radius 2 is 1.50 bits per heavy atom.